The maximum atomic E-state index is 5.66. The summed E-state index contributed by atoms with van der Waals surface area (Å²) in [6.07, 6.45) is 6.65. The van der Waals surface area contributed by atoms with Gasteiger partial charge in [-0.1, -0.05) is 25.8 Å². The Morgan fingerprint density at radius 2 is 2.38 bits per heavy atom. The molecule has 1 saturated heterocycles. The van der Waals surface area contributed by atoms with Gasteiger partial charge in [0.05, 0.1) is 18.3 Å². The molecule has 1 fully saturated rings. The molecule has 0 aliphatic carbocycles. The zero-order valence-corrected chi connectivity index (χ0v) is 9.93. The Morgan fingerprint density at radius 3 is 3.12 bits per heavy atom. The van der Waals surface area contributed by atoms with Crippen LogP contribution in [0.5, 0.6) is 0 Å². The molecule has 0 spiro atoms. The van der Waals surface area contributed by atoms with E-state index in [2.05, 4.69) is 23.0 Å². The van der Waals surface area contributed by atoms with Gasteiger partial charge >= 0.3 is 0 Å². The summed E-state index contributed by atoms with van der Waals surface area (Å²) in [4.78, 5) is 10.1. The molecule has 0 aromatic carbocycles. The zero-order chi connectivity index (χ0) is 11.2. The second-order valence-corrected chi connectivity index (χ2v) is 4.24. The van der Waals surface area contributed by atoms with Crippen molar-refractivity contribution in [1.29, 1.82) is 0 Å². The van der Waals surface area contributed by atoms with Crippen LogP contribution in [-0.2, 0) is 4.84 Å². The fourth-order valence-corrected chi connectivity index (χ4v) is 2.12. The molecule has 1 unspecified atom stereocenters. The van der Waals surface area contributed by atoms with Crippen molar-refractivity contribution in [3.05, 3.63) is 30.1 Å². The second kappa shape index (κ2) is 5.97. The number of hydroxylamine groups is 2. The van der Waals surface area contributed by atoms with Gasteiger partial charge in [-0.05, 0) is 25.0 Å². The summed E-state index contributed by atoms with van der Waals surface area (Å²) in [7, 11) is 0. The minimum Gasteiger partial charge on any atom is -0.298 e. The van der Waals surface area contributed by atoms with E-state index < -0.39 is 0 Å². The van der Waals surface area contributed by atoms with Gasteiger partial charge < -0.3 is 0 Å². The minimum absolute atomic E-state index is 0.359. The first kappa shape index (κ1) is 11.6. The largest absolute Gasteiger partial charge is 0.298 e. The molecule has 16 heavy (non-hydrogen) atoms. The molecule has 3 nitrogen and oxygen atoms in total. The normalized spacial score (nSPS) is 21.4. The molecule has 0 radical (unpaired) electrons. The number of pyridine rings is 1. The van der Waals surface area contributed by atoms with Gasteiger partial charge in [0.2, 0.25) is 0 Å². The molecule has 0 amide bonds. The maximum Gasteiger partial charge on any atom is 0.0796 e. The Kier molecular flexibility index (Phi) is 4.31. The highest BCUT2D eigenvalue weighted by atomic mass is 16.7. The maximum absolute atomic E-state index is 5.66. The van der Waals surface area contributed by atoms with E-state index in [0.29, 0.717) is 6.04 Å². The van der Waals surface area contributed by atoms with E-state index in [4.69, 9.17) is 4.84 Å². The predicted molar refractivity (Wildman–Crippen MR) is 63.8 cm³/mol. The van der Waals surface area contributed by atoms with E-state index in [1.165, 1.54) is 19.3 Å². The Morgan fingerprint density at radius 1 is 1.44 bits per heavy atom. The molecule has 88 valence electrons. The molecule has 0 bridgehead atoms. The molecule has 3 heteroatoms. The van der Waals surface area contributed by atoms with Crippen LogP contribution in [0.15, 0.2) is 24.4 Å². The van der Waals surface area contributed by atoms with E-state index in [0.717, 1.165) is 25.3 Å². The van der Waals surface area contributed by atoms with Gasteiger partial charge in [-0.15, -0.1) is 0 Å². The van der Waals surface area contributed by atoms with Crippen molar-refractivity contribution in [2.45, 2.75) is 38.6 Å². The van der Waals surface area contributed by atoms with Crippen LogP contribution in [0.25, 0.3) is 0 Å². The molecular formula is C13H20N2O. The third kappa shape index (κ3) is 2.80. The fourth-order valence-electron chi connectivity index (χ4n) is 2.12. The van der Waals surface area contributed by atoms with Crippen LogP contribution < -0.4 is 0 Å². The predicted octanol–water partition coefficient (Wildman–Crippen LogP) is 2.95. The highest BCUT2D eigenvalue weighted by molar-refractivity contribution is 5.09. The first-order valence-corrected chi connectivity index (χ1v) is 6.22. The Labute approximate surface area is 97.4 Å². The zero-order valence-electron chi connectivity index (χ0n) is 9.93. The van der Waals surface area contributed by atoms with E-state index in [1.807, 2.05) is 18.3 Å². The van der Waals surface area contributed by atoms with Crippen molar-refractivity contribution in [1.82, 2.24) is 10.0 Å². The molecule has 1 aliphatic rings. The topological polar surface area (TPSA) is 25.4 Å². The first-order chi connectivity index (χ1) is 7.92. The van der Waals surface area contributed by atoms with Crippen LogP contribution in [0.3, 0.4) is 0 Å². The minimum atomic E-state index is 0.359. The van der Waals surface area contributed by atoms with Crippen molar-refractivity contribution in [2.24, 2.45) is 0 Å². The van der Waals surface area contributed by atoms with Crippen molar-refractivity contribution < 1.29 is 4.84 Å². The second-order valence-electron chi connectivity index (χ2n) is 4.24. The van der Waals surface area contributed by atoms with Gasteiger partial charge in [-0.3, -0.25) is 9.82 Å². The molecular weight excluding hydrogens is 200 g/mol. The summed E-state index contributed by atoms with van der Waals surface area (Å²) in [5.74, 6) is 0. The number of hydrogen-bond donors (Lipinski definition) is 0. The van der Waals surface area contributed by atoms with Crippen LogP contribution in [-0.4, -0.2) is 23.2 Å². The SMILES string of the molecule is CCCCCN1OCCC1c1ccccn1. The quantitative estimate of drug-likeness (QED) is 0.713. The van der Waals surface area contributed by atoms with Crippen LogP contribution in [0.4, 0.5) is 0 Å². The van der Waals surface area contributed by atoms with E-state index in [-0.39, 0.29) is 0 Å². The summed E-state index contributed by atoms with van der Waals surface area (Å²) in [5, 5.41) is 2.11. The average molecular weight is 220 g/mol. The van der Waals surface area contributed by atoms with Crippen molar-refractivity contribution in [3.8, 4) is 0 Å². The van der Waals surface area contributed by atoms with Gasteiger partial charge in [0.15, 0.2) is 0 Å². The molecule has 1 aliphatic heterocycles. The van der Waals surface area contributed by atoms with Crippen LogP contribution in [0.1, 0.15) is 44.3 Å². The highest BCUT2D eigenvalue weighted by Gasteiger charge is 2.27. The lowest BCUT2D eigenvalue weighted by Crippen LogP contribution is -2.23. The van der Waals surface area contributed by atoms with Gasteiger partial charge in [-0.2, -0.15) is 5.06 Å². The van der Waals surface area contributed by atoms with Gasteiger partial charge in [0, 0.05) is 12.7 Å². The Balaban J connectivity index is 1.93. The Bertz CT molecular complexity index is 302. The standard InChI is InChI=1S/C13H20N2O/c1-2-3-6-10-15-13(8-11-16-15)12-7-4-5-9-14-12/h4-5,7,9,13H,2-3,6,8,10-11H2,1H3. The molecule has 0 saturated carbocycles. The summed E-state index contributed by atoms with van der Waals surface area (Å²) in [6, 6.07) is 6.45. The van der Waals surface area contributed by atoms with Gasteiger partial charge in [0.1, 0.15) is 0 Å². The van der Waals surface area contributed by atoms with E-state index in [9.17, 15) is 0 Å². The summed E-state index contributed by atoms with van der Waals surface area (Å²) >= 11 is 0. The molecule has 1 atom stereocenters. The van der Waals surface area contributed by atoms with E-state index in [1.54, 1.807) is 0 Å². The monoisotopic (exact) mass is 220 g/mol. The number of nitrogens with zero attached hydrogens (tertiary/aromatic N) is 2. The number of aromatic nitrogens is 1. The lowest BCUT2D eigenvalue weighted by Gasteiger charge is -2.21. The molecule has 1 aromatic heterocycles. The first-order valence-electron chi connectivity index (χ1n) is 6.22. The summed E-state index contributed by atoms with van der Waals surface area (Å²) in [5.41, 5.74) is 1.14. The number of rotatable bonds is 5. The van der Waals surface area contributed by atoms with Crippen molar-refractivity contribution in [2.75, 3.05) is 13.2 Å². The third-order valence-corrected chi connectivity index (χ3v) is 3.01. The smallest absolute Gasteiger partial charge is 0.0796 e. The van der Waals surface area contributed by atoms with Crippen LogP contribution in [0.2, 0.25) is 0 Å². The lowest BCUT2D eigenvalue weighted by atomic mass is 10.1. The van der Waals surface area contributed by atoms with E-state index >= 15 is 0 Å². The number of hydrogen-bond acceptors (Lipinski definition) is 3. The molecule has 0 N–H and O–H groups in total. The number of unbranched alkanes of at least 4 members (excludes halogenated alkanes) is 2. The Hall–Kier alpha value is -0.930. The highest BCUT2D eigenvalue weighted by Crippen LogP contribution is 2.28. The summed E-state index contributed by atoms with van der Waals surface area (Å²) in [6.45, 7) is 4.07. The molecule has 2 heterocycles. The van der Waals surface area contributed by atoms with Crippen molar-refractivity contribution >= 4 is 0 Å². The lowest BCUT2D eigenvalue weighted by molar-refractivity contribution is -0.134. The van der Waals surface area contributed by atoms with Crippen molar-refractivity contribution in [3.63, 3.8) is 0 Å². The summed E-state index contributed by atoms with van der Waals surface area (Å²) < 4.78 is 0. The van der Waals surface area contributed by atoms with Crippen LogP contribution >= 0.6 is 0 Å². The van der Waals surface area contributed by atoms with Gasteiger partial charge in [0.25, 0.3) is 0 Å². The fraction of sp³-hybridized carbons (Fsp3) is 0.615. The average Bonchev–Trinajstić information content (AvgIpc) is 2.79. The third-order valence-electron chi connectivity index (χ3n) is 3.01. The molecule has 1 aromatic rings. The molecule has 2 rings (SSSR count). The van der Waals surface area contributed by atoms with Gasteiger partial charge in [-0.25, -0.2) is 0 Å². The van der Waals surface area contributed by atoms with Crippen LogP contribution in [0, 0.1) is 0 Å².